The van der Waals surface area contributed by atoms with Crippen LogP contribution in [-0.2, 0) is 16.0 Å². The highest BCUT2D eigenvalue weighted by atomic mass is 19.1. The van der Waals surface area contributed by atoms with Gasteiger partial charge in [-0.3, -0.25) is 9.59 Å². The van der Waals surface area contributed by atoms with Crippen molar-refractivity contribution in [2.45, 2.75) is 12.5 Å². The molecule has 182 valence electrons. The van der Waals surface area contributed by atoms with Crippen molar-refractivity contribution in [1.82, 2.24) is 9.88 Å². The lowest BCUT2D eigenvalue weighted by molar-refractivity contribution is -0.139. The number of aliphatic hydroxyl groups is 1. The monoisotopic (exact) mass is 488 g/mol. The zero-order chi connectivity index (χ0) is 25.4. The van der Waals surface area contributed by atoms with Gasteiger partial charge in [-0.25, -0.2) is 8.78 Å². The van der Waals surface area contributed by atoms with Crippen molar-refractivity contribution >= 4 is 28.4 Å². The first-order chi connectivity index (χ1) is 17.4. The van der Waals surface area contributed by atoms with Crippen LogP contribution in [0, 0.1) is 11.6 Å². The Morgan fingerprint density at radius 3 is 2.33 bits per heavy atom. The summed E-state index contributed by atoms with van der Waals surface area (Å²) in [6.45, 7) is 0.164. The Hall–Kier alpha value is -4.46. The maximum Gasteiger partial charge on any atom is 0.295 e. The van der Waals surface area contributed by atoms with Crippen LogP contribution in [0.3, 0.4) is 0 Å². The molecule has 0 saturated carbocycles. The minimum atomic E-state index is -0.935. The highest BCUT2D eigenvalue weighted by Crippen LogP contribution is 2.39. The van der Waals surface area contributed by atoms with Gasteiger partial charge < -0.3 is 19.7 Å². The third kappa shape index (κ3) is 4.11. The van der Waals surface area contributed by atoms with Crippen LogP contribution < -0.4 is 4.74 Å². The van der Waals surface area contributed by atoms with E-state index in [9.17, 15) is 23.5 Å². The summed E-state index contributed by atoms with van der Waals surface area (Å²) in [6, 6.07) is 15.1. The third-order valence-electron chi connectivity index (χ3n) is 6.44. The lowest BCUT2D eigenvalue weighted by Gasteiger charge is -2.25. The number of amides is 1. The predicted octanol–water partition coefficient (Wildman–Crippen LogP) is 5.12. The Bertz CT molecular complexity index is 1490. The summed E-state index contributed by atoms with van der Waals surface area (Å²) in [5.74, 6) is -2.33. The zero-order valence-electron chi connectivity index (χ0n) is 19.3. The van der Waals surface area contributed by atoms with Gasteiger partial charge in [0.05, 0.1) is 18.7 Å². The van der Waals surface area contributed by atoms with Gasteiger partial charge in [-0.05, 0) is 72.1 Å². The molecule has 36 heavy (non-hydrogen) atoms. The van der Waals surface area contributed by atoms with Crippen LogP contribution in [0.15, 0.2) is 78.5 Å². The zero-order valence-corrected chi connectivity index (χ0v) is 19.3. The normalized spacial score (nSPS) is 17.2. The quantitative estimate of drug-likeness (QED) is 0.224. The topological polar surface area (TPSA) is 82.6 Å². The number of ketones is 1. The number of aromatic nitrogens is 1. The molecule has 1 saturated heterocycles. The first kappa shape index (κ1) is 23.3. The van der Waals surface area contributed by atoms with Gasteiger partial charge in [0.1, 0.15) is 23.1 Å². The maximum atomic E-state index is 13.7. The molecule has 8 heteroatoms. The number of rotatable bonds is 6. The van der Waals surface area contributed by atoms with Crippen LogP contribution >= 0.6 is 0 Å². The number of aliphatic hydroxyl groups excluding tert-OH is 1. The second kappa shape index (κ2) is 9.30. The van der Waals surface area contributed by atoms with Crippen molar-refractivity contribution in [2.75, 3.05) is 13.7 Å². The molecular weight excluding hydrogens is 466 g/mol. The van der Waals surface area contributed by atoms with Crippen LogP contribution in [0.5, 0.6) is 5.75 Å². The molecule has 5 rings (SSSR count). The van der Waals surface area contributed by atoms with Crippen molar-refractivity contribution in [2.24, 2.45) is 0 Å². The molecule has 2 N–H and O–H groups in total. The number of hydrogen-bond acceptors (Lipinski definition) is 4. The van der Waals surface area contributed by atoms with E-state index in [1.165, 1.54) is 41.3 Å². The van der Waals surface area contributed by atoms with E-state index < -0.39 is 35.1 Å². The Kier molecular flexibility index (Phi) is 6.01. The van der Waals surface area contributed by atoms with Gasteiger partial charge in [-0.15, -0.1) is 0 Å². The first-order valence-electron chi connectivity index (χ1n) is 11.3. The van der Waals surface area contributed by atoms with E-state index >= 15 is 0 Å². The second-order valence-electron chi connectivity index (χ2n) is 8.53. The van der Waals surface area contributed by atoms with Crippen molar-refractivity contribution in [1.29, 1.82) is 0 Å². The fourth-order valence-electron chi connectivity index (χ4n) is 4.60. The lowest BCUT2D eigenvalue weighted by Crippen LogP contribution is -2.31. The molecule has 0 radical (unpaired) electrons. The molecule has 0 spiro atoms. The molecule has 1 amide bonds. The summed E-state index contributed by atoms with van der Waals surface area (Å²) in [5, 5.41) is 11.9. The average Bonchev–Trinajstić information content (AvgIpc) is 3.40. The average molecular weight is 488 g/mol. The van der Waals surface area contributed by atoms with Crippen LogP contribution in [0.4, 0.5) is 8.78 Å². The number of benzene rings is 3. The van der Waals surface area contributed by atoms with Gasteiger partial charge in [0.15, 0.2) is 0 Å². The summed E-state index contributed by atoms with van der Waals surface area (Å²) in [6.07, 6.45) is 2.25. The molecule has 6 nitrogen and oxygen atoms in total. The largest absolute Gasteiger partial charge is 0.507 e. The summed E-state index contributed by atoms with van der Waals surface area (Å²) in [5.41, 5.74) is 2.37. The molecule has 0 aliphatic carbocycles. The van der Waals surface area contributed by atoms with Crippen LogP contribution in [0.2, 0.25) is 0 Å². The number of carbonyl (C=O) groups is 2. The summed E-state index contributed by atoms with van der Waals surface area (Å²) in [7, 11) is 1.58. The number of H-pyrrole nitrogens is 1. The minimum Gasteiger partial charge on any atom is -0.507 e. The fourth-order valence-corrected chi connectivity index (χ4v) is 4.60. The van der Waals surface area contributed by atoms with Crippen molar-refractivity contribution in [3.05, 3.63) is 107 Å². The molecular formula is C28H22F2N2O4. The number of carbonyl (C=O) groups excluding carboxylic acids is 2. The molecule has 1 aliphatic rings. The number of aromatic amines is 1. The van der Waals surface area contributed by atoms with E-state index in [4.69, 9.17) is 4.74 Å². The smallest absolute Gasteiger partial charge is 0.295 e. The van der Waals surface area contributed by atoms with Gasteiger partial charge in [-0.1, -0.05) is 12.1 Å². The van der Waals surface area contributed by atoms with E-state index in [2.05, 4.69) is 4.98 Å². The van der Waals surface area contributed by atoms with Crippen molar-refractivity contribution in [3.63, 3.8) is 0 Å². The van der Waals surface area contributed by atoms with Gasteiger partial charge in [0.2, 0.25) is 0 Å². The Morgan fingerprint density at radius 1 is 1.00 bits per heavy atom. The van der Waals surface area contributed by atoms with Crippen molar-refractivity contribution < 1.29 is 28.2 Å². The fraction of sp³-hybridized carbons (Fsp3) is 0.143. The number of Topliss-reactive ketones (excluding diaryl/α,β-unsaturated/α-hetero) is 1. The number of ether oxygens (including phenoxy) is 1. The number of halogens is 2. The van der Waals surface area contributed by atoms with Gasteiger partial charge in [-0.2, -0.15) is 0 Å². The number of nitrogens with one attached hydrogen (secondary N) is 1. The van der Waals surface area contributed by atoms with E-state index in [1.807, 2.05) is 24.4 Å². The highest BCUT2D eigenvalue weighted by molar-refractivity contribution is 6.46. The Balaban J connectivity index is 1.55. The molecule has 1 unspecified atom stereocenters. The first-order valence-corrected chi connectivity index (χ1v) is 11.3. The van der Waals surface area contributed by atoms with E-state index in [1.54, 1.807) is 7.11 Å². The summed E-state index contributed by atoms with van der Waals surface area (Å²) >= 11 is 0. The maximum absolute atomic E-state index is 13.7. The standard InChI is InChI=1S/C28H22F2N2O4/c1-36-21-10-11-23-22(14-21)18(15-31-23)12-13-32-25(16-2-6-19(29)7-3-16)24(27(34)28(32)35)26(33)17-4-8-20(30)9-5-17/h2-11,14-15,25,31,33H,12-13H2,1H3/b26-24-. The molecule has 4 aromatic rings. The van der Waals surface area contributed by atoms with Crippen LogP contribution in [0.1, 0.15) is 22.7 Å². The van der Waals surface area contributed by atoms with Crippen LogP contribution in [-0.4, -0.2) is 40.3 Å². The SMILES string of the molecule is COc1ccc2[nH]cc(CCN3C(=O)C(=O)/C(=C(\O)c4ccc(F)cc4)C3c3ccc(F)cc3)c2c1. The lowest BCUT2D eigenvalue weighted by atomic mass is 9.95. The molecule has 1 fully saturated rings. The second-order valence-corrected chi connectivity index (χ2v) is 8.53. The van der Waals surface area contributed by atoms with E-state index in [0.29, 0.717) is 17.7 Å². The molecule has 0 bridgehead atoms. The van der Waals surface area contributed by atoms with Crippen molar-refractivity contribution in [3.8, 4) is 5.75 Å². The summed E-state index contributed by atoms with van der Waals surface area (Å²) < 4.78 is 32.4. The number of nitrogens with zero attached hydrogens (tertiary/aromatic N) is 1. The van der Waals surface area contributed by atoms with Crippen LogP contribution in [0.25, 0.3) is 16.7 Å². The van der Waals surface area contributed by atoms with E-state index in [0.717, 1.165) is 28.6 Å². The van der Waals surface area contributed by atoms with Gasteiger partial charge in [0, 0.05) is 29.2 Å². The molecule has 1 aromatic heterocycles. The third-order valence-corrected chi connectivity index (χ3v) is 6.44. The number of likely N-dealkylation sites (tertiary alicyclic amines) is 1. The molecule has 2 heterocycles. The van der Waals surface area contributed by atoms with Gasteiger partial charge >= 0.3 is 0 Å². The molecule has 3 aromatic carbocycles. The highest BCUT2D eigenvalue weighted by Gasteiger charge is 2.45. The Labute approximate surface area is 205 Å². The summed E-state index contributed by atoms with van der Waals surface area (Å²) in [4.78, 5) is 30.8. The molecule has 1 aliphatic heterocycles. The van der Waals surface area contributed by atoms with E-state index in [-0.39, 0.29) is 17.7 Å². The number of fused-ring (bicyclic) bond motifs is 1. The molecule has 1 atom stereocenters. The number of hydrogen-bond donors (Lipinski definition) is 2. The Morgan fingerprint density at radius 2 is 1.67 bits per heavy atom. The number of methoxy groups -OCH3 is 1. The van der Waals surface area contributed by atoms with Gasteiger partial charge in [0.25, 0.3) is 11.7 Å². The minimum absolute atomic E-state index is 0.126. The predicted molar refractivity (Wildman–Crippen MR) is 130 cm³/mol.